The molecule has 0 aromatic carbocycles. The molecule has 1 aliphatic rings. The van der Waals surface area contributed by atoms with Crippen LogP contribution in [0, 0.1) is 0 Å². The first kappa shape index (κ1) is 10.2. The number of hydrogen-bond donors (Lipinski definition) is 1. The van der Waals surface area contributed by atoms with Gasteiger partial charge in [-0.2, -0.15) is 0 Å². The molecule has 0 spiro atoms. The van der Waals surface area contributed by atoms with Gasteiger partial charge in [0, 0.05) is 18.9 Å². The maximum Gasteiger partial charge on any atom is 0.220 e. The Morgan fingerprint density at radius 1 is 1.57 bits per heavy atom. The van der Waals surface area contributed by atoms with E-state index < -0.39 is 0 Å². The van der Waals surface area contributed by atoms with Crippen LogP contribution < -0.4 is 5.32 Å². The number of hydrogen-bond acceptors (Lipinski definition) is 2. The summed E-state index contributed by atoms with van der Waals surface area (Å²) in [5.74, 6) is 1.02. The van der Waals surface area contributed by atoms with E-state index >= 15 is 0 Å². The number of nitrogens with one attached hydrogen (secondary N) is 1. The predicted octanol–water partition coefficient (Wildman–Crippen LogP) is 2.63. The van der Waals surface area contributed by atoms with Crippen LogP contribution >= 0.6 is 31.9 Å². The minimum atomic E-state index is 0.139. The molecule has 1 aromatic rings. The number of carbonyl (C=O) groups excluding carboxylic acids is 1. The molecule has 14 heavy (non-hydrogen) atoms. The summed E-state index contributed by atoms with van der Waals surface area (Å²) in [6, 6.07) is 2.15. The second kappa shape index (κ2) is 4.06. The van der Waals surface area contributed by atoms with E-state index in [-0.39, 0.29) is 11.9 Å². The third-order valence-corrected chi connectivity index (χ3v) is 3.94. The Balaban J connectivity index is 2.00. The molecule has 0 aliphatic carbocycles. The molecule has 0 radical (unpaired) electrons. The van der Waals surface area contributed by atoms with Gasteiger partial charge in [0.15, 0.2) is 4.67 Å². The molecule has 76 valence electrons. The summed E-state index contributed by atoms with van der Waals surface area (Å²) in [7, 11) is 0. The molecule has 1 atom stereocenters. The summed E-state index contributed by atoms with van der Waals surface area (Å²) >= 11 is 6.63. The highest BCUT2D eigenvalue weighted by molar-refractivity contribution is 9.13. The van der Waals surface area contributed by atoms with Gasteiger partial charge in [-0.05, 0) is 44.3 Å². The molecule has 2 heterocycles. The number of rotatable bonds is 2. The molecule has 1 amide bonds. The zero-order valence-electron chi connectivity index (χ0n) is 7.35. The van der Waals surface area contributed by atoms with Gasteiger partial charge >= 0.3 is 0 Å². The van der Waals surface area contributed by atoms with Crippen LogP contribution in [-0.2, 0) is 11.2 Å². The lowest BCUT2D eigenvalue weighted by Crippen LogP contribution is -2.26. The van der Waals surface area contributed by atoms with Crippen LogP contribution in [0.4, 0.5) is 0 Å². The highest BCUT2D eigenvalue weighted by Crippen LogP contribution is 2.28. The molecule has 1 saturated heterocycles. The van der Waals surface area contributed by atoms with Gasteiger partial charge in [0.05, 0.1) is 4.47 Å². The fourth-order valence-corrected chi connectivity index (χ4v) is 2.22. The molecule has 1 aromatic heterocycles. The fraction of sp³-hybridized carbons (Fsp3) is 0.444. The minimum Gasteiger partial charge on any atom is -0.453 e. The standard InChI is InChI=1S/C9H9Br2NO2/c10-7-4-6(14-9(7)11)3-5-1-2-8(13)12-5/h4-5H,1-3H2,(H,12,13). The average molecular weight is 323 g/mol. The van der Waals surface area contributed by atoms with Gasteiger partial charge in [0.25, 0.3) is 0 Å². The number of carbonyl (C=O) groups is 1. The van der Waals surface area contributed by atoms with Gasteiger partial charge in [-0.3, -0.25) is 4.79 Å². The van der Waals surface area contributed by atoms with E-state index in [2.05, 4.69) is 37.2 Å². The molecule has 1 unspecified atom stereocenters. The van der Waals surface area contributed by atoms with E-state index in [1.807, 2.05) is 6.07 Å². The van der Waals surface area contributed by atoms with E-state index in [4.69, 9.17) is 4.42 Å². The Hall–Kier alpha value is -0.290. The fourth-order valence-electron chi connectivity index (χ4n) is 1.57. The second-order valence-electron chi connectivity index (χ2n) is 3.34. The lowest BCUT2D eigenvalue weighted by molar-refractivity contribution is -0.119. The van der Waals surface area contributed by atoms with Crippen molar-refractivity contribution in [3.05, 3.63) is 21.0 Å². The highest BCUT2D eigenvalue weighted by atomic mass is 79.9. The SMILES string of the molecule is O=C1CCC(Cc2cc(Br)c(Br)o2)N1. The highest BCUT2D eigenvalue weighted by Gasteiger charge is 2.22. The largest absolute Gasteiger partial charge is 0.453 e. The average Bonchev–Trinajstić information content (AvgIpc) is 2.62. The Morgan fingerprint density at radius 3 is 2.86 bits per heavy atom. The van der Waals surface area contributed by atoms with E-state index in [9.17, 15) is 4.79 Å². The van der Waals surface area contributed by atoms with Crippen molar-refractivity contribution in [1.82, 2.24) is 5.32 Å². The predicted molar refractivity (Wildman–Crippen MR) is 59.0 cm³/mol. The van der Waals surface area contributed by atoms with Crippen molar-refractivity contribution in [3.63, 3.8) is 0 Å². The van der Waals surface area contributed by atoms with E-state index in [0.29, 0.717) is 11.1 Å². The van der Waals surface area contributed by atoms with Crippen molar-refractivity contribution >= 4 is 37.8 Å². The molecule has 5 heteroatoms. The molecule has 1 aliphatic heterocycles. The topological polar surface area (TPSA) is 42.2 Å². The van der Waals surface area contributed by atoms with Crippen LogP contribution in [0.2, 0.25) is 0 Å². The Bertz CT molecular complexity index is 342. The quantitative estimate of drug-likeness (QED) is 0.909. The smallest absolute Gasteiger partial charge is 0.220 e. The maximum atomic E-state index is 11.0. The van der Waals surface area contributed by atoms with Crippen molar-refractivity contribution in [3.8, 4) is 0 Å². The van der Waals surface area contributed by atoms with Crippen LogP contribution in [0.5, 0.6) is 0 Å². The van der Waals surface area contributed by atoms with Crippen molar-refractivity contribution < 1.29 is 9.21 Å². The lowest BCUT2D eigenvalue weighted by atomic mass is 10.1. The lowest BCUT2D eigenvalue weighted by Gasteiger charge is -2.06. The van der Waals surface area contributed by atoms with E-state index in [0.717, 1.165) is 23.1 Å². The zero-order valence-corrected chi connectivity index (χ0v) is 10.5. The summed E-state index contributed by atoms with van der Waals surface area (Å²) < 4.78 is 7.05. The zero-order chi connectivity index (χ0) is 10.1. The van der Waals surface area contributed by atoms with Gasteiger partial charge in [-0.1, -0.05) is 0 Å². The van der Waals surface area contributed by atoms with Gasteiger partial charge in [-0.15, -0.1) is 0 Å². The molecule has 2 rings (SSSR count). The van der Waals surface area contributed by atoms with E-state index in [1.54, 1.807) is 0 Å². The van der Waals surface area contributed by atoms with Crippen molar-refractivity contribution in [2.24, 2.45) is 0 Å². The normalized spacial score (nSPS) is 21.3. The van der Waals surface area contributed by atoms with Crippen LogP contribution in [0.25, 0.3) is 0 Å². The Kier molecular flexibility index (Phi) is 2.97. The number of furan rings is 1. The molecule has 1 N–H and O–H groups in total. The van der Waals surface area contributed by atoms with Crippen LogP contribution in [0.15, 0.2) is 19.6 Å². The maximum absolute atomic E-state index is 11.0. The second-order valence-corrected chi connectivity index (χ2v) is 4.92. The van der Waals surface area contributed by atoms with Crippen LogP contribution in [0.3, 0.4) is 0 Å². The summed E-state index contributed by atoms with van der Waals surface area (Å²) in [4.78, 5) is 11.0. The first-order valence-corrected chi connectivity index (χ1v) is 5.97. The summed E-state index contributed by atoms with van der Waals surface area (Å²) in [6.45, 7) is 0. The van der Waals surface area contributed by atoms with E-state index in [1.165, 1.54) is 0 Å². The molecule has 1 fully saturated rings. The molecular weight excluding hydrogens is 314 g/mol. The number of halogens is 2. The molecular formula is C9H9Br2NO2. The van der Waals surface area contributed by atoms with Gasteiger partial charge in [0.1, 0.15) is 5.76 Å². The molecule has 3 nitrogen and oxygen atoms in total. The van der Waals surface area contributed by atoms with Crippen LogP contribution in [0.1, 0.15) is 18.6 Å². The Morgan fingerprint density at radius 2 is 2.36 bits per heavy atom. The van der Waals surface area contributed by atoms with Crippen molar-refractivity contribution in [2.75, 3.05) is 0 Å². The van der Waals surface area contributed by atoms with Crippen molar-refractivity contribution in [1.29, 1.82) is 0 Å². The van der Waals surface area contributed by atoms with Crippen LogP contribution in [-0.4, -0.2) is 11.9 Å². The monoisotopic (exact) mass is 321 g/mol. The number of amides is 1. The van der Waals surface area contributed by atoms with Gasteiger partial charge in [-0.25, -0.2) is 0 Å². The minimum absolute atomic E-state index is 0.139. The summed E-state index contributed by atoms with van der Waals surface area (Å²) in [5.41, 5.74) is 0. The van der Waals surface area contributed by atoms with Crippen molar-refractivity contribution in [2.45, 2.75) is 25.3 Å². The molecule has 0 saturated carbocycles. The third-order valence-electron chi connectivity index (χ3n) is 2.23. The Labute approximate surface area is 98.5 Å². The summed E-state index contributed by atoms with van der Waals surface area (Å²) in [5, 5.41) is 2.90. The summed E-state index contributed by atoms with van der Waals surface area (Å²) in [6.07, 6.45) is 2.29. The third kappa shape index (κ3) is 2.20. The first-order valence-electron chi connectivity index (χ1n) is 4.38. The first-order chi connectivity index (χ1) is 6.65. The van der Waals surface area contributed by atoms with Gasteiger partial charge in [0.2, 0.25) is 5.91 Å². The van der Waals surface area contributed by atoms with Gasteiger partial charge < -0.3 is 9.73 Å². The molecule has 0 bridgehead atoms.